The Balaban J connectivity index is 0.00000256. The lowest BCUT2D eigenvalue weighted by Gasteiger charge is -2.37. The lowest BCUT2D eigenvalue weighted by Crippen LogP contribution is -2.57. The third kappa shape index (κ3) is 4.29. The van der Waals surface area contributed by atoms with Crippen LogP contribution in [-0.4, -0.2) is 59.3 Å². The van der Waals surface area contributed by atoms with E-state index in [0.717, 1.165) is 24.4 Å². The molecule has 0 spiro atoms. The number of piperidine rings is 1. The van der Waals surface area contributed by atoms with E-state index in [1.807, 2.05) is 36.5 Å². The van der Waals surface area contributed by atoms with E-state index in [1.165, 1.54) is 0 Å². The van der Waals surface area contributed by atoms with Gasteiger partial charge in [-0.25, -0.2) is 0 Å². The van der Waals surface area contributed by atoms with Gasteiger partial charge in [-0.05, 0) is 56.1 Å². The number of hydrogen-bond acceptors (Lipinski definition) is 5. The van der Waals surface area contributed by atoms with Gasteiger partial charge in [0.1, 0.15) is 17.3 Å². The molecule has 1 unspecified atom stereocenters. The van der Waals surface area contributed by atoms with Crippen LogP contribution in [0, 0.1) is 0 Å². The lowest BCUT2D eigenvalue weighted by molar-refractivity contribution is -0.137. The highest BCUT2D eigenvalue weighted by Gasteiger charge is 2.44. The van der Waals surface area contributed by atoms with Crippen molar-refractivity contribution in [3.63, 3.8) is 0 Å². The van der Waals surface area contributed by atoms with Crippen molar-refractivity contribution in [2.75, 3.05) is 26.7 Å². The molecule has 2 aliphatic heterocycles. The molecule has 3 heterocycles. The van der Waals surface area contributed by atoms with Crippen molar-refractivity contribution < 1.29 is 14.3 Å². The summed E-state index contributed by atoms with van der Waals surface area (Å²) in [6.07, 6.45) is 5.44. The molecular formula is C21H28ClN5O3. The fraction of sp³-hybridized carbons (Fsp3) is 0.476. The van der Waals surface area contributed by atoms with Crippen molar-refractivity contribution in [3.05, 3.63) is 48.3 Å². The average Bonchev–Trinajstić information content (AvgIpc) is 3.41. The second-order valence-corrected chi connectivity index (χ2v) is 7.65. The summed E-state index contributed by atoms with van der Waals surface area (Å²) in [5.74, 6) is 0.642. The van der Waals surface area contributed by atoms with Gasteiger partial charge in [-0.1, -0.05) is 12.1 Å². The number of aromatic nitrogens is 2. The number of ether oxygens (including phenoxy) is 1. The second kappa shape index (κ2) is 9.49. The van der Waals surface area contributed by atoms with Crippen molar-refractivity contribution in [1.82, 2.24) is 25.3 Å². The van der Waals surface area contributed by atoms with E-state index in [1.54, 1.807) is 22.9 Å². The molecule has 2 amide bonds. The standard InChI is InChI=1S/C21H27N5O3.ClH/c1-29-17-5-3-16(4-6-17)15-25-14-7-18(19(25)27)24-20(28)21(8-11-22-12-9-21)26-13-2-10-23-26;/h2-6,10,13,18,22H,7-9,11-12,14-15H2,1H3,(H,24,28);1H. The quantitative estimate of drug-likeness (QED) is 0.717. The maximum atomic E-state index is 13.3. The van der Waals surface area contributed by atoms with Gasteiger partial charge in [0.25, 0.3) is 0 Å². The van der Waals surface area contributed by atoms with E-state index in [0.29, 0.717) is 32.4 Å². The lowest BCUT2D eigenvalue weighted by atomic mass is 9.87. The summed E-state index contributed by atoms with van der Waals surface area (Å²) in [4.78, 5) is 28.0. The van der Waals surface area contributed by atoms with E-state index in [9.17, 15) is 9.59 Å². The molecule has 2 fully saturated rings. The molecule has 4 rings (SSSR count). The largest absolute Gasteiger partial charge is 0.497 e. The minimum Gasteiger partial charge on any atom is -0.497 e. The third-order valence-corrected chi connectivity index (χ3v) is 5.93. The Kier molecular flexibility index (Phi) is 6.99. The minimum atomic E-state index is -0.738. The van der Waals surface area contributed by atoms with E-state index >= 15 is 0 Å². The van der Waals surface area contributed by atoms with Crippen molar-refractivity contribution in [1.29, 1.82) is 0 Å². The van der Waals surface area contributed by atoms with Crippen LogP contribution in [0.5, 0.6) is 5.75 Å². The van der Waals surface area contributed by atoms with E-state index in [2.05, 4.69) is 15.7 Å². The molecule has 2 aliphatic rings. The van der Waals surface area contributed by atoms with Gasteiger partial charge in [-0.15, -0.1) is 12.4 Å². The molecule has 2 saturated heterocycles. The first-order valence-electron chi connectivity index (χ1n) is 10.1. The van der Waals surface area contributed by atoms with Gasteiger partial charge >= 0.3 is 0 Å². The number of rotatable bonds is 6. The Morgan fingerprint density at radius 1 is 1.30 bits per heavy atom. The monoisotopic (exact) mass is 433 g/mol. The van der Waals surface area contributed by atoms with Gasteiger partial charge in [0, 0.05) is 25.5 Å². The zero-order chi connectivity index (χ0) is 20.3. The Labute approximate surface area is 182 Å². The number of likely N-dealkylation sites (tertiary alicyclic amines) is 1. The number of carbonyl (C=O) groups excluding carboxylic acids is 2. The molecule has 1 aromatic heterocycles. The van der Waals surface area contributed by atoms with Crippen LogP contribution in [0.25, 0.3) is 0 Å². The summed E-state index contributed by atoms with van der Waals surface area (Å²) in [6, 6.07) is 9.04. The molecular weight excluding hydrogens is 406 g/mol. The number of amides is 2. The molecule has 162 valence electrons. The highest BCUT2D eigenvalue weighted by molar-refractivity contribution is 5.92. The smallest absolute Gasteiger partial charge is 0.248 e. The zero-order valence-electron chi connectivity index (χ0n) is 17.0. The highest BCUT2D eigenvalue weighted by Crippen LogP contribution is 2.28. The molecule has 8 nitrogen and oxygen atoms in total. The summed E-state index contributed by atoms with van der Waals surface area (Å²) in [5.41, 5.74) is 0.302. The summed E-state index contributed by atoms with van der Waals surface area (Å²) in [5, 5.41) is 10.7. The van der Waals surface area contributed by atoms with E-state index < -0.39 is 11.6 Å². The Morgan fingerprint density at radius 2 is 2.03 bits per heavy atom. The molecule has 2 N–H and O–H groups in total. The van der Waals surface area contributed by atoms with Crippen LogP contribution in [0.4, 0.5) is 0 Å². The molecule has 1 aromatic carbocycles. The zero-order valence-corrected chi connectivity index (χ0v) is 17.9. The normalized spacial score (nSPS) is 20.5. The Morgan fingerprint density at radius 3 is 2.67 bits per heavy atom. The third-order valence-electron chi connectivity index (χ3n) is 5.93. The van der Waals surface area contributed by atoms with Gasteiger partial charge in [0.2, 0.25) is 11.8 Å². The maximum Gasteiger partial charge on any atom is 0.248 e. The van der Waals surface area contributed by atoms with Gasteiger partial charge in [0.05, 0.1) is 7.11 Å². The number of hydrogen-bond donors (Lipinski definition) is 2. The second-order valence-electron chi connectivity index (χ2n) is 7.65. The van der Waals surface area contributed by atoms with Crippen LogP contribution in [0.2, 0.25) is 0 Å². The molecule has 2 aromatic rings. The molecule has 0 saturated carbocycles. The van der Waals surface area contributed by atoms with Crippen LogP contribution in [0.1, 0.15) is 24.8 Å². The summed E-state index contributed by atoms with van der Waals surface area (Å²) >= 11 is 0. The SMILES string of the molecule is COc1ccc(CN2CCC(NC(=O)C3(n4cccn4)CCNCC3)C2=O)cc1.Cl. The van der Waals surface area contributed by atoms with Gasteiger partial charge in [-0.3, -0.25) is 14.3 Å². The van der Waals surface area contributed by atoms with Crippen LogP contribution in [0.15, 0.2) is 42.7 Å². The number of methoxy groups -OCH3 is 1. The van der Waals surface area contributed by atoms with Crippen molar-refractivity contribution in [3.8, 4) is 5.75 Å². The van der Waals surface area contributed by atoms with Crippen LogP contribution in [-0.2, 0) is 21.7 Å². The first kappa shape index (κ1) is 22.1. The van der Waals surface area contributed by atoms with Crippen LogP contribution in [0.3, 0.4) is 0 Å². The first-order chi connectivity index (χ1) is 14.1. The van der Waals surface area contributed by atoms with E-state index in [-0.39, 0.29) is 24.2 Å². The topological polar surface area (TPSA) is 88.5 Å². The van der Waals surface area contributed by atoms with E-state index in [4.69, 9.17) is 4.74 Å². The predicted octanol–water partition coefficient (Wildman–Crippen LogP) is 1.31. The van der Waals surface area contributed by atoms with Crippen LogP contribution >= 0.6 is 12.4 Å². The minimum absolute atomic E-state index is 0. The fourth-order valence-corrected chi connectivity index (χ4v) is 4.20. The average molecular weight is 434 g/mol. The molecule has 0 radical (unpaired) electrons. The molecule has 0 bridgehead atoms. The number of nitrogens with one attached hydrogen (secondary N) is 2. The number of nitrogens with zero attached hydrogens (tertiary/aromatic N) is 3. The molecule has 1 atom stereocenters. The summed E-state index contributed by atoms with van der Waals surface area (Å²) in [7, 11) is 1.63. The predicted molar refractivity (Wildman–Crippen MR) is 115 cm³/mol. The molecule has 9 heteroatoms. The van der Waals surface area contributed by atoms with Crippen LogP contribution < -0.4 is 15.4 Å². The van der Waals surface area contributed by atoms with Gasteiger partial charge in [-0.2, -0.15) is 5.10 Å². The maximum absolute atomic E-state index is 13.3. The number of carbonyl (C=O) groups is 2. The van der Waals surface area contributed by atoms with Crippen molar-refractivity contribution in [2.45, 2.75) is 37.4 Å². The summed E-state index contributed by atoms with van der Waals surface area (Å²) in [6.45, 7) is 2.65. The number of halogens is 1. The Bertz CT molecular complexity index is 850. The summed E-state index contributed by atoms with van der Waals surface area (Å²) < 4.78 is 6.93. The molecule has 30 heavy (non-hydrogen) atoms. The highest BCUT2D eigenvalue weighted by atomic mass is 35.5. The fourth-order valence-electron chi connectivity index (χ4n) is 4.20. The van der Waals surface area contributed by atoms with Gasteiger partial charge < -0.3 is 20.3 Å². The first-order valence-corrected chi connectivity index (χ1v) is 10.1. The van der Waals surface area contributed by atoms with Crippen molar-refractivity contribution in [2.24, 2.45) is 0 Å². The number of benzene rings is 1. The van der Waals surface area contributed by atoms with Gasteiger partial charge in [0.15, 0.2) is 0 Å². The Hall–Kier alpha value is -2.58. The van der Waals surface area contributed by atoms with Crippen molar-refractivity contribution >= 4 is 24.2 Å². The molecule has 0 aliphatic carbocycles.